The molecule has 0 aliphatic heterocycles. The van der Waals surface area contributed by atoms with Gasteiger partial charge >= 0.3 is 15.5 Å². The van der Waals surface area contributed by atoms with Crippen LogP contribution < -0.4 is 23.1 Å². The number of hydrogen-bond acceptors (Lipinski definition) is 12. The molecule has 20 heteroatoms. The number of ether oxygens (including phenoxy) is 4. The third-order valence-electron chi connectivity index (χ3n) is 11.1. The molecule has 8 aromatic rings. The molecule has 13 nitrogen and oxygen atoms in total. The topological polar surface area (TPSA) is 186 Å². The fraction of sp³-hybridized carbons (Fsp3) is 0.0769. The highest BCUT2D eigenvalue weighted by atomic mass is 32.3. The van der Waals surface area contributed by atoms with E-state index in [1.807, 2.05) is 48.5 Å². The van der Waals surface area contributed by atoms with Crippen molar-refractivity contribution in [1.82, 2.24) is 4.13 Å². The molecular weight excluding hydrogens is 1020 g/mol. The summed E-state index contributed by atoms with van der Waals surface area (Å²) in [6.07, 6.45) is 0. The molecule has 370 valence electrons. The fourth-order valence-corrected chi connectivity index (χ4v) is 12.3. The Kier molecular flexibility index (Phi) is 14.1. The molecule has 0 aliphatic rings. The minimum absolute atomic E-state index is 0.0429. The van der Waals surface area contributed by atoms with Gasteiger partial charge in [-0.25, -0.2) is 33.7 Å². The first-order chi connectivity index (χ1) is 34.0. The van der Waals surface area contributed by atoms with Gasteiger partial charge in [-0.1, -0.05) is 58.7 Å². The zero-order valence-corrected chi connectivity index (χ0v) is 41.3. The minimum Gasteiger partial charge on any atom is -0.497 e. The quantitative estimate of drug-likeness (QED) is 0.0967. The van der Waals surface area contributed by atoms with Crippen molar-refractivity contribution in [2.45, 2.75) is 43.8 Å². The first-order valence-corrected chi connectivity index (χ1v) is 27.2. The number of hydrogen-bond donors (Lipinski definition) is 1. The summed E-state index contributed by atoms with van der Waals surface area (Å²) in [6, 6.07) is 46.4. The number of benzene rings is 8. The number of nitrogens with one attached hydrogen (secondary N) is 1. The second kappa shape index (κ2) is 20.0. The SMILES string of the molecule is COc1ccc(-c2ccc(Oc3ccc(S(=O)(=O)c4ccc(Oc5ccc(-c6ccc(Oc7ccc(S(=O)(=O)c8ccc(C)c(C)c8)cc7S(=O)(=O)NS(=O)(=O)C(F)(F)F)cc6)cc5)cc4)cc3)cc2)cc1. The van der Waals surface area contributed by atoms with Crippen molar-refractivity contribution >= 4 is 39.7 Å². The average molecular weight is 1060 g/mol. The monoisotopic (exact) mass is 1060 g/mol. The van der Waals surface area contributed by atoms with Crippen molar-refractivity contribution in [1.29, 1.82) is 0 Å². The number of sulfone groups is 2. The largest absolute Gasteiger partial charge is 0.512 e. The average Bonchev–Trinajstić information content (AvgIpc) is 3.35. The molecule has 0 saturated carbocycles. The molecule has 0 bridgehead atoms. The van der Waals surface area contributed by atoms with Crippen LogP contribution in [0.5, 0.6) is 40.2 Å². The first kappa shape index (κ1) is 50.9. The van der Waals surface area contributed by atoms with Crippen LogP contribution in [0.4, 0.5) is 13.2 Å². The van der Waals surface area contributed by atoms with Gasteiger partial charge < -0.3 is 18.9 Å². The molecule has 0 radical (unpaired) electrons. The van der Waals surface area contributed by atoms with Crippen molar-refractivity contribution in [2.24, 2.45) is 0 Å². The van der Waals surface area contributed by atoms with E-state index in [2.05, 4.69) is 0 Å². The van der Waals surface area contributed by atoms with Gasteiger partial charge in [-0.05, 0) is 175 Å². The number of methoxy groups -OCH3 is 1. The molecule has 72 heavy (non-hydrogen) atoms. The van der Waals surface area contributed by atoms with E-state index >= 15 is 0 Å². The molecule has 0 saturated heterocycles. The maximum Gasteiger partial charge on any atom is 0.512 e. The summed E-state index contributed by atoms with van der Waals surface area (Å²) in [7, 11) is -18.9. The highest BCUT2D eigenvalue weighted by Crippen LogP contribution is 2.37. The predicted octanol–water partition coefficient (Wildman–Crippen LogP) is 11.8. The van der Waals surface area contributed by atoms with Gasteiger partial charge in [0.15, 0.2) is 0 Å². The number of rotatable bonds is 16. The molecular formula is C52H40F3NO12S4. The Labute approximate surface area is 414 Å². The minimum atomic E-state index is -6.47. The summed E-state index contributed by atoms with van der Waals surface area (Å²) in [5, 5.41) is 0. The molecule has 0 unspecified atom stereocenters. The van der Waals surface area contributed by atoms with Crippen LogP contribution in [-0.2, 0) is 39.7 Å². The third kappa shape index (κ3) is 11.2. The normalized spacial score (nSPS) is 12.2. The van der Waals surface area contributed by atoms with Gasteiger partial charge in [-0.2, -0.15) is 13.2 Å². The molecule has 0 spiro atoms. The van der Waals surface area contributed by atoms with Crippen molar-refractivity contribution in [3.63, 3.8) is 0 Å². The van der Waals surface area contributed by atoms with E-state index in [4.69, 9.17) is 18.9 Å². The Balaban J connectivity index is 0.920. The number of alkyl halides is 3. The zero-order valence-electron chi connectivity index (χ0n) is 38.0. The lowest BCUT2D eigenvalue weighted by atomic mass is 10.1. The van der Waals surface area contributed by atoms with Crippen molar-refractivity contribution in [2.75, 3.05) is 7.11 Å². The highest BCUT2D eigenvalue weighted by molar-refractivity contribution is 8.05. The fourth-order valence-electron chi connectivity index (χ4n) is 7.04. The molecule has 0 heterocycles. The maximum absolute atomic E-state index is 13.6. The van der Waals surface area contributed by atoms with Gasteiger partial charge in [0.1, 0.15) is 45.1 Å². The number of sulfonamides is 2. The number of halogens is 3. The Morgan fingerprint density at radius 3 is 1.11 bits per heavy atom. The molecule has 1 N–H and O–H groups in total. The van der Waals surface area contributed by atoms with Crippen LogP contribution in [0.25, 0.3) is 22.3 Å². The Bertz CT molecular complexity index is 3740. The second-order valence-electron chi connectivity index (χ2n) is 15.9. The van der Waals surface area contributed by atoms with E-state index in [1.54, 1.807) is 69.5 Å². The lowest BCUT2D eigenvalue weighted by molar-refractivity contribution is -0.0441. The Hall–Kier alpha value is -7.49. The summed E-state index contributed by atoms with van der Waals surface area (Å²) in [4.78, 5) is -1.99. The summed E-state index contributed by atoms with van der Waals surface area (Å²) < 4.78 is 168. The van der Waals surface area contributed by atoms with Crippen molar-refractivity contribution in [3.8, 4) is 62.5 Å². The van der Waals surface area contributed by atoms with Gasteiger partial charge in [0.25, 0.3) is 10.0 Å². The van der Waals surface area contributed by atoms with Gasteiger partial charge in [0, 0.05) is 0 Å². The smallest absolute Gasteiger partial charge is 0.497 e. The van der Waals surface area contributed by atoms with E-state index in [0.29, 0.717) is 49.9 Å². The van der Waals surface area contributed by atoms with Gasteiger partial charge in [-0.3, -0.25) is 0 Å². The van der Waals surface area contributed by atoms with Gasteiger partial charge in [0.05, 0.1) is 26.7 Å². The van der Waals surface area contributed by atoms with Crippen LogP contribution in [-0.4, -0.2) is 46.3 Å². The van der Waals surface area contributed by atoms with Crippen LogP contribution in [0.15, 0.2) is 206 Å². The van der Waals surface area contributed by atoms with Crippen molar-refractivity contribution < 1.29 is 65.8 Å². The maximum atomic E-state index is 13.6. The first-order valence-electron chi connectivity index (χ1n) is 21.3. The molecule has 0 atom stereocenters. The van der Waals surface area contributed by atoms with Crippen LogP contribution >= 0.6 is 0 Å². The Morgan fingerprint density at radius 2 is 0.722 bits per heavy atom. The van der Waals surface area contributed by atoms with Crippen LogP contribution in [0, 0.1) is 13.8 Å². The zero-order chi connectivity index (χ0) is 51.6. The summed E-state index contributed by atoms with van der Waals surface area (Å²) in [5.41, 5.74) is -1.37. The van der Waals surface area contributed by atoms with E-state index in [9.17, 15) is 46.8 Å². The highest BCUT2D eigenvalue weighted by Gasteiger charge is 2.49. The molecule has 0 aliphatic carbocycles. The van der Waals surface area contributed by atoms with Crippen molar-refractivity contribution in [3.05, 3.63) is 193 Å². The lowest BCUT2D eigenvalue weighted by Crippen LogP contribution is -2.40. The summed E-state index contributed by atoms with van der Waals surface area (Å²) >= 11 is 0. The predicted molar refractivity (Wildman–Crippen MR) is 262 cm³/mol. The van der Waals surface area contributed by atoms with Crippen LogP contribution in [0.1, 0.15) is 11.1 Å². The molecule has 8 aromatic carbocycles. The van der Waals surface area contributed by atoms with Crippen LogP contribution in [0.2, 0.25) is 0 Å². The standard InChI is InChI=1S/C52H40F3NO12S4/c1-34-4-25-48(32-35(34)2)70(59,60)49-30-31-50(51(33-49)71(61,62)56-72(63,64)52(53,54)55)68-45-19-11-39(12-20-45)38-9-17-42(18-10-38)67-44-23-28-47(29-24-44)69(57,58)46-26-21-43(22-27-46)66-41-15-7-37(8-16-41)36-5-13-40(65-3)14-6-36/h4-33,56H,1-3H3. The molecule has 0 fully saturated rings. The molecule has 0 aromatic heterocycles. The lowest BCUT2D eigenvalue weighted by Gasteiger charge is -2.16. The molecule has 8 rings (SSSR count). The summed E-state index contributed by atoms with van der Waals surface area (Å²) in [5.74, 6) is 1.84. The number of aryl methyl sites for hydroxylation is 2. The van der Waals surface area contributed by atoms with Crippen LogP contribution in [0.3, 0.4) is 0 Å². The van der Waals surface area contributed by atoms with E-state index < -0.39 is 60.8 Å². The molecule has 0 amide bonds. The van der Waals surface area contributed by atoms with E-state index in [0.717, 1.165) is 34.6 Å². The summed E-state index contributed by atoms with van der Waals surface area (Å²) in [6.45, 7) is 3.38. The Morgan fingerprint density at radius 1 is 0.389 bits per heavy atom. The third-order valence-corrected chi connectivity index (χ3v) is 17.9. The van der Waals surface area contributed by atoms with Gasteiger partial charge in [-0.15, -0.1) is 0 Å². The second-order valence-corrected chi connectivity index (χ2v) is 23.4. The van der Waals surface area contributed by atoms with E-state index in [-0.39, 0.29) is 20.4 Å². The van der Waals surface area contributed by atoms with Gasteiger partial charge in [0.2, 0.25) is 19.7 Å². The van der Waals surface area contributed by atoms with E-state index in [1.165, 1.54) is 66.7 Å².